The summed E-state index contributed by atoms with van der Waals surface area (Å²) in [5, 5.41) is 0. The van der Waals surface area contributed by atoms with Crippen molar-refractivity contribution in [3.8, 4) is 17.2 Å². The number of esters is 2. The van der Waals surface area contributed by atoms with Crippen molar-refractivity contribution in [2.24, 2.45) is 0 Å². The number of cyclic esters (lactones) is 1. The lowest BCUT2D eigenvalue weighted by Crippen LogP contribution is -2.34. The Balaban J connectivity index is 1.52. The molecule has 4 rings (SSSR count). The van der Waals surface area contributed by atoms with Crippen LogP contribution in [-0.2, 0) is 15.9 Å². The van der Waals surface area contributed by atoms with Gasteiger partial charge in [-0.05, 0) is 93.9 Å². The Kier molecular flexibility index (Phi) is 11.9. The highest BCUT2D eigenvalue weighted by Crippen LogP contribution is 2.39. The third kappa shape index (κ3) is 8.61. The smallest absolute Gasteiger partial charge is 0.338 e. The SMILES string of the molecule is CCc1cc(C(=O)OC2CCCOc3cc(cc(OC)c3OC)C(=O)OCCCN3CCCN(CC2)CC3)ccc1C. The third-order valence-electron chi connectivity index (χ3n) is 8.15. The van der Waals surface area contributed by atoms with Gasteiger partial charge in [-0.3, -0.25) is 0 Å². The molecule has 2 aliphatic rings. The van der Waals surface area contributed by atoms with Gasteiger partial charge >= 0.3 is 11.9 Å². The molecule has 9 heteroatoms. The molecule has 4 bridgehead atoms. The molecule has 2 aromatic rings. The van der Waals surface area contributed by atoms with Gasteiger partial charge in [-0.25, -0.2) is 9.59 Å². The van der Waals surface area contributed by atoms with Gasteiger partial charge < -0.3 is 33.5 Å². The zero-order valence-electron chi connectivity index (χ0n) is 25.6. The Morgan fingerprint density at radius 2 is 1.62 bits per heavy atom. The summed E-state index contributed by atoms with van der Waals surface area (Å²) >= 11 is 0. The van der Waals surface area contributed by atoms with Gasteiger partial charge in [-0.15, -0.1) is 0 Å². The fourth-order valence-corrected chi connectivity index (χ4v) is 5.64. The van der Waals surface area contributed by atoms with Crippen LogP contribution in [0.15, 0.2) is 30.3 Å². The second-order valence-electron chi connectivity index (χ2n) is 11.0. The van der Waals surface area contributed by atoms with Gasteiger partial charge in [0, 0.05) is 26.2 Å². The third-order valence-corrected chi connectivity index (χ3v) is 8.15. The number of rotatable bonds is 5. The summed E-state index contributed by atoms with van der Waals surface area (Å²) in [6, 6.07) is 9.05. The second kappa shape index (κ2) is 15.8. The number of nitrogens with zero attached hydrogens (tertiary/aromatic N) is 2. The van der Waals surface area contributed by atoms with E-state index < -0.39 is 5.97 Å². The van der Waals surface area contributed by atoms with Gasteiger partial charge in [0.25, 0.3) is 0 Å². The van der Waals surface area contributed by atoms with Crippen LogP contribution >= 0.6 is 0 Å². The van der Waals surface area contributed by atoms with Crippen LogP contribution in [0.1, 0.15) is 70.9 Å². The molecule has 0 aliphatic carbocycles. The van der Waals surface area contributed by atoms with Gasteiger partial charge in [0.2, 0.25) is 5.75 Å². The van der Waals surface area contributed by atoms with Gasteiger partial charge in [0.1, 0.15) is 6.10 Å². The highest BCUT2D eigenvalue weighted by molar-refractivity contribution is 5.91. The Labute approximate surface area is 250 Å². The van der Waals surface area contributed by atoms with Crippen LogP contribution in [0.5, 0.6) is 17.2 Å². The number of aryl methyl sites for hydroxylation is 2. The molecule has 42 heavy (non-hydrogen) atoms. The maximum Gasteiger partial charge on any atom is 0.338 e. The summed E-state index contributed by atoms with van der Waals surface area (Å²) in [4.78, 5) is 31.0. The van der Waals surface area contributed by atoms with Crippen LogP contribution < -0.4 is 14.2 Å². The molecule has 9 nitrogen and oxygen atoms in total. The summed E-state index contributed by atoms with van der Waals surface area (Å²) in [5.41, 5.74) is 3.28. The number of hydrogen-bond donors (Lipinski definition) is 0. The standard InChI is InChI=1S/C33H46N2O7/c1-5-25-21-26(11-10-24(25)2)33(37)42-28-9-6-19-40-30-23-27(22-29(38-3)31(30)39-4)32(36)41-20-8-15-34-13-7-14-35(16-12-28)18-17-34/h10-11,21-23,28H,5-9,12-20H2,1-4H3. The Morgan fingerprint density at radius 1 is 0.881 bits per heavy atom. The molecule has 0 saturated carbocycles. The zero-order chi connectivity index (χ0) is 29.9. The molecule has 3 atom stereocenters. The topological polar surface area (TPSA) is 86.8 Å². The lowest BCUT2D eigenvalue weighted by atomic mass is 10.0. The quantitative estimate of drug-likeness (QED) is 0.456. The summed E-state index contributed by atoms with van der Waals surface area (Å²) in [6.45, 7) is 10.6. The molecule has 0 radical (unpaired) electrons. The number of carbonyl (C=O) groups is 2. The van der Waals surface area contributed by atoms with Crippen molar-refractivity contribution in [2.45, 2.75) is 58.5 Å². The van der Waals surface area contributed by atoms with Crippen molar-refractivity contribution in [1.29, 1.82) is 0 Å². The van der Waals surface area contributed by atoms with Crippen LogP contribution in [0, 0.1) is 6.92 Å². The molecule has 2 aliphatic heterocycles. The minimum Gasteiger partial charge on any atom is -0.493 e. The number of hydrogen-bond acceptors (Lipinski definition) is 9. The largest absolute Gasteiger partial charge is 0.493 e. The normalized spacial score (nSPS) is 22.4. The number of methoxy groups -OCH3 is 2. The predicted octanol–water partition coefficient (Wildman–Crippen LogP) is 4.92. The fourth-order valence-electron chi connectivity index (χ4n) is 5.64. The molecular weight excluding hydrogens is 536 g/mol. The van der Waals surface area contributed by atoms with Crippen molar-refractivity contribution in [2.75, 3.05) is 66.7 Å². The first-order valence-corrected chi connectivity index (χ1v) is 15.2. The average molecular weight is 583 g/mol. The van der Waals surface area contributed by atoms with E-state index in [1.807, 2.05) is 18.2 Å². The molecule has 1 fully saturated rings. The van der Waals surface area contributed by atoms with Crippen molar-refractivity contribution in [3.63, 3.8) is 0 Å². The number of fused-ring (bicyclic) bond motifs is 5. The lowest BCUT2D eigenvalue weighted by Gasteiger charge is -2.24. The summed E-state index contributed by atoms with van der Waals surface area (Å²) in [6.07, 6.45) is 4.53. The van der Waals surface area contributed by atoms with Crippen LogP contribution in [0.4, 0.5) is 0 Å². The maximum absolute atomic E-state index is 13.2. The summed E-state index contributed by atoms with van der Waals surface area (Å²) < 4.78 is 28.8. The second-order valence-corrected chi connectivity index (χ2v) is 11.0. The minimum absolute atomic E-state index is 0.244. The van der Waals surface area contributed by atoms with E-state index in [4.69, 9.17) is 23.7 Å². The summed E-state index contributed by atoms with van der Waals surface area (Å²) in [7, 11) is 3.06. The van der Waals surface area contributed by atoms with E-state index in [0.29, 0.717) is 54.4 Å². The molecule has 0 N–H and O–H groups in total. The molecule has 0 spiro atoms. The number of ether oxygens (including phenoxy) is 5. The number of benzene rings is 2. The molecule has 1 saturated heterocycles. The van der Waals surface area contributed by atoms with E-state index in [1.54, 1.807) is 12.1 Å². The van der Waals surface area contributed by atoms with Crippen molar-refractivity contribution >= 4 is 11.9 Å². The Hall–Kier alpha value is -3.30. The molecule has 2 heterocycles. The fraction of sp³-hybridized carbons (Fsp3) is 0.576. The zero-order valence-corrected chi connectivity index (χ0v) is 25.6. The van der Waals surface area contributed by atoms with E-state index in [2.05, 4.69) is 23.6 Å². The first-order valence-electron chi connectivity index (χ1n) is 15.2. The van der Waals surface area contributed by atoms with Crippen molar-refractivity contribution in [3.05, 3.63) is 52.6 Å². The highest BCUT2D eigenvalue weighted by Gasteiger charge is 2.22. The molecule has 0 aromatic heterocycles. The van der Waals surface area contributed by atoms with E-state index in [9.17, 15) is 9.59 Å². The Morgan fingerprint density at radius 3 is 2.36 bits per heavy atom. The molecular formula is C33H46N2O7. The highest BCUT2D eigenvalue weighted by atomic mass is 16.5. The van der Waals surface area contributed by atoms with Crippen LogP contribution in [-0.4, -0.2) is 94.5 Å². The van der Waals surface area contributed by atoms with E-state index in [1.165, 1.54) is 19.8 Å². The van der Waals surface area contributed by atoms with Crippen LogP contribution in [0.25, 0.3) is 0 Å². The number of carbonyl (C=O) groups excluding carboxylic acids is 2. The van der Waals surface area contributed by atoms with E-state index >= 15 is 0 Å². The average Bonchev–Trinajstić information content (AvgIpc) is 3.24. The molecule has 2 aromatic carbocycles. The van der Waals surface area contributed by atoms with Gasteiger partial charge in [0.15, 0.2) is 11.5 Å². The van der Waals surface area contributed by atoms with Gasteiger partial charge in [-0.2, -0.15) is 0 Å². The van der Waals surface area contributed by atoms with Crippen LogP contribution in [0.2, 0.25) is 0 Å². The lowest BCUT2D eigenvalue weighted by molar-refractivity contribution is 0.0221. The maximum atomic E-state index is 13.2. The molecule has 3 unspecified atom stereocenters. The van der Waals surface area contributed by atoms with Crippen molar-refractivity contribution < 1.29 is 33.3 Å². The van der Waals surface area contributed by atoms with Gasteiger partial charge in [-0.1, -0.05) is 13.0 Å². The first-order chi connectivity index (χ1) is 20.4. The monoisotopic (exact) mass is 582 g/mol. The van der Waals surface area contributed by atoms with E-state index in [0.717, 1.165) is 70.5 Å². The summed E-state index contributed by atoms with van der Waals surface area (Å²) in [5.74, 6) is 0.526. The Bertz CT molecular complexity index is 1200. The predicted molar refractivity (Wildman–Crippen MR) is 161 cm³/mol. The molecule has 0 amide bonds. The van der Waals surface area contributed by atoms with Crippen LogP contribution in [0.3, 0.4) is 0 Å². The van der Waals surface area contributed by atoms with Gasteiger partial charge in [0.05, 0.1) is 38.6 Å². The first kappa shape index (κ1) is 31.6. The van der Waals surface area contributed by atoms with Crippen molar-refractivity contribution in [1.82, 2.24) is 9.80 Å². The minimum atomic E-state index is -0.421. The van der Waals surface area contributed by atoms with E-state index in [-0.39, 0.29) is 12.1 Å². The molecule has 230 valence electrons.